The summed E-state index contributed by atoms with van der Waals surface area (Å²) >= 11 is 0. The van der Waals surface area contributed by atoms with Crippen molar-refractivity contribution in [3.63, 3.8) is 0 Å². The number of nitrogens with zero attached hydrogens (tertiary/aromatic N) is 3. The summed E-state index contributed by atoms with van der Waals surface area (Å²) in [7, 11) is -3.67. The fourth-order valence-electron chi connectivity index (χ4n) is 3.91. The highest BCUT2D eigenvalue weighted by atomic mass is 32.2. The summed E-state index contributed by atoms with van der Waals surface area (Å²) in [5.41, 5.74) is 4.52. The minimum atomic E-state index is -3.67. The van der Waals surface area contributed by atoms with Gasteiger partial charge in [-0.15, -0.1) is 0 Å². The molecule has 30 heavy (non-hydrogen) atoms. The number of benzene rings is 1. The zero-order valence-corrected chi connectivity index (χ0v) is 17.9. The maximum atomic E-state index is 12.8. The normalized spacial score (nSPS) is 13.8. The maximum Gasteiger partial charge on any atom is 0.244 e. The summed E-state index contributed by atoms with van der Waals surface area (Å²) < 4.78 is 35.7. The van der Waals surface area contributed by atoms with Crippen molar-refractivity contribution < 1.29 is 13.2 Å². The van der Waals surface area contributed by atoms with Crippen molar-refractivity contribution in [2.45, 2.75) is 44.0 Å². The predicted molar refractivity (Wildman–Crippen MR) is 115 cm³/mol. The van der Waals surface area contributed by atoms with Crippen molar-refractivity contribution in [3.05, 3.63) is 60.0 Å². The number of para-hydroxylation sites is 1. The molecule has 1 aromatic carbocycles. The Labute approximate surface area is 177 Å². The van der Waals surface area contributed by atoms with Crippen LogP contribution in [-0.4, -0.2) is 36.3 Å². The van der Waals surface area contributed by atoms with Crippen LogP contribution in [0.5, 0.6) is 5.75 Å². The number of rotatable bonds is 8. The lowest BCUT2D eigenvalue weighted by molar-refractivity contribution is 0.331. The first-order chi connectivity index (χ1) is 14.6. The molecule has 0 spiro atoms. The molecule has 1 aliphatic rings. The first kappa shape index (κ1) is 20.6. The van der Waals surface area contributed by atoms with Gasteiger partial charge >= 0.3 is 0 Å². The van der Waals surface area contributed by atoms with Crippen molar-refractivity contribution in [1.82, 2.24) is 19.5 Å². The van der Waals surface area contributed by atoms with Crippen molar-refractivity contribution in [3.8, 4) is 17.0 Å². The Balaban J connectivity index is 1.53. The van der Waals surface area contributed by atoms with E-state index in [4.69, 9.17) is 9.84 Å². The third-order valence-electron chi connectivity index (χ3n) is 5.26. The second-order valence-corrected chi connectivity index (χ2v) is 8.95. The number of hydrogen-bond acceptors (Lipinski definition) is 5. The maximum absolute atomic E-state index is 12.8. The van der Waals surface area contributed by atoms with Crippen LogP contribution in [0.3, 0.4) is 0 Å². The highest BCUT2D eigenvalue weighted by Gasteiger charge is 2.23. The summed E-state index contributed by atoms with van der Waals surface area (Å²) in [5.74, 6) is 0.365. The van der Waals surface area contributed by atoms with E-state index in [9.17, 15) is 8.42 Å². The molecular weight excluding hydrogens is 400 g/mol. The number of sulfonamides is 1. The van der Waals surface area contributed by atoms with Crippen LogP contribution in [-0.2, 0) is 29.4 Å². The molecule has 0 bridgehead atoms. The molecule has 0 fully saturated rings. The van der Waals surface area contributed by atoms with Gasteiger partial charge in [0.15, 0.2) is 0 Å². The van der Waals surface area contributed by atoms with Gasteiger partial charge in [-0.25, -0.2) is 13.1 Å². The molecule has 4 rings (SSSR count). The quantitative estimate of drug-likeness (QED) is 0.598. The van der Waals surface area contributed by atoms with Crippen LogP contribution >= 0.6 is 0 Å². The lowest BCUT2D eigenvalue weighted by Crippen LogP contribution is -2.28. The summed E-state index contributed by atoms with van der Waals surface area (Å²) in [6, 6.07) is 10.6. The number of nitrogens with one attached hydrogen (secondary N) is 1. The Kier molecular flexibility index (Phi) is 6.15. The van der Waals surface area contributed by atoms with E-state index in [0.717, 1.165) is 36.9 Å². The van der Waals surface area contributed by atoms with E-state index < -0.39 is 10.0 Å². The molecule has 0 unspecified atom stereocenters. The van der Waals surface area contributed by atoms with Crippen LogP contribution in [0.4, 0.5) is 0 Å². The van der Waals surface area contributed by atoms with E-state index in [1.54, 1.807) is 36.7 Å². The highest BCUT2D eigenvalue weighted by Crippen LogP contribution is 2.31. The number of aromatic nitrogens is 3. The van der Waals surface area contributed by atoms with Crippen LogP contribution < -0.4 is 9.46 Å². The smallest absolute Gasteiger partial charge is 0.244 e. The van der Waals surface area contributed by atoms with E-state index >= 15 is 0 Å². The monoisotopic (exact) mass is 426 g/mol. The molecule has 0 amide bonds. The van der Waals surface area contributed by atoms with Crippen LogP contribution in [0.1, 0.15) is 31.0 Å². The zero-order chi connectivity index (χ0) is 21.0. The Morgan fingerprint density at radius 3 is 2.67 bits per heavy atom. The minimum absolute atomic E-state index is 0.159. The van der Waals surface area contributed by atoms with E-state index in [1.165, 1.54) is 11.3 Å². The molecule has 0 saturated heterocycles. The second kappa shape index (κ2) is 8.97. The van der Waals surface area contributed by atoms with Crippen LogP contribution in [0, 0.1) is 0 Å². The van der Waals surface area contributed by atoms with Crippen molar-refractivity contribution in [2.24, 2.45) is 0 Å². The molecule has 0 saturated carbocycles. The Hall–Kier alpha value is -2.71. The van der Waals surface area contributed by atoms with Crippen molar-refractivity contribution >= 4 is 10.0 Å². The minimum Gasteiger partial charge on any atom is -0.492 e. The summed E-state index contributed by atoms with van der Waals surface area (Å²) in [5, 5.41) is 4.83. The molecule has 0 radical (unpaired) electrons. The van der Waals surface area contributed by atoms with E-state index in [-0.39, 0.29) is 11.4 Å². The van der Waals surface area contributed by atoms with Crippen molar-refractivity contribution in [2.75, 3.05) is 13.2 Å². The molecule has 1 N–H and O–H groups in total. The van der Waals surface area contributed by atoms with Gasteiger partial charge in [0.1, 0.15) is 10.6 Å². The average Bonchev–Trinajstić information content (AvgIpc) is 3.14. The van der Waals surface area contributed by atoms with E-state index in [0.29, 0.717) is 18.9 Å². The number of hydrogen-bond donors (Lipinski definition) is 1. The molecular formula is C22H26N4O3S. The topological polar surface area (TPSA) is 86.1 Å². The fourth-order valence-corrected chi connectivity index (χ4v) is 5.07. The van der Waals surface area contributed by atoms with Crippen molar-refractivity contribution in [1.29, 1.82) is 0 Å². The average molecular weight is 427 g/mol. The molecule has 2 heterocycles. The number of pyridine rings is 1. The molecule has 158 valence electrons. The van der Waals surface area contributed by atoms with Gasteiger partial charge in [-0.05, 0) is 56.9 Å². The van der Waals surface area contributed by atoms with Gasteiger partial charge in [0.05, 0.1) is 18.8 Å². The van der Waals surface area contributed by atoms with Gasteiger partial charge in [-0.3, -0.25) is 9.67 Å². The van der Waals surface area contributed by atoms with Gasteiger partial charge in [-0.2, -0.15) is 5.10 Å². The molecule has 7 nitrogen and oxygen atoms in total. The predicted octanol–water partition coefficient (Wildman–Crippen LogP) is 3.20. The fraction of sp³-hybridized carbons (Fsp3) is 0.364. The molecule has 2 aromatic heterocycles. The van der Waals surface area contributed by atoms with E-state index in [2.05, 4.69) is 9.71 Å². The van der Waals surface area contributed by atoms with Crippen LogP contribution in [0.2, 0.25) is 0 Å². The van der Waals surface area contributed by atoms with Gasteiger partial charge < -0.3 is 4.74 Å². The standard InChI is InChI=1S/C22H26N4O3S/c1-2-29-20-9-5-6-10-21(20)30(27,28)24-15-16-26-19-8-4-3-7-18(19)22(25-26)17-11-13-23-14-12-17/h5-6,9-14,24H,2-4,7-8,15-16H2,1H3. The SMILES string of the molecule is CCOc1ccccc1S(=O)(=O)NCCn1nc(-c2ccncc2)c2c1CCCC2. The Morgan fingerprint density at radius 2 is 1.87 bits per heavy atom. The number of fused-ring (bicyclic) bond motifs is 1. The molecule has 0 atom stereocenters. The summed E-state index contributed by atoms with van der Waals surface area (Å²) in [6.07, 6.45) is 7.79. The van der Waals surface area contributed by atoms with E-state index in [1.807, 2.05) is 23.7 Å². The van der Waals surface area contributed by atoms with Gasteiger partial charge in [0.2, 0.25) is 10.0 Å². The number of ether oxygens (including phenoxy) is 1. The molecule has 0 aliphatic heterocycles. The second-order valence-electron chi connectivity index (χ2n) is 7.22. The third-order valence-corrected chi connectivity index (χ3v) is 6.77. The van der Waals surface area contributed by atoms with Gasteiger partial charge in [-0.1, -0.05) is 12.1 Å². The Bertz CT molecular complexity index is 1110. The van der Waals surface area contributed by atoms with Gasteiger partial charge in [0.25, 0.3) is 0 Å². The zero-order valence-electron chi connectivity index (χ0n) is 17.0. The van der Waals surface area contributed by atoms with Crippen LogP contribution in [0.25, 0.3) is 11.3 Å². The van der Waals surface area contributed by atoms with Crippen LogP contribution in [0.15, 0.2) is 53.7 Å². The lowest BCUT2D eigenvalue weighted by Gasteiger charge is -2.15. The summed E-state index contributed by atoms with van der Waals surface area (Å²) in [4.78, 5) is 4.25. The van der Waals surface area contributed by atoms with Gasteiger partial charge in [0, 0.05) is 35.8 Å². The highest BCUT2D eigenvalue weighted by molar-refractivity contribution is 7.89. The molecule has 8 heteroatoms. The largest absolute Gasteiger partial charge is 0.492 e. The lowest BCUT2D eigenvalue weighted by atomic mass is 9.94. The third kappa shape index (κ3) is 4.24. The summed E-state index contributed by atoms with van der Waals surface area (Å²) in [6.45, 7) is 2.97. The molecule has 3 aromatic rings. The first-order valence-electron chi connectivity index (χ1n) is 10.3. The first-order valence-corrected chi connectivity index (χ1v) is 11.8. The Morgan fingerprint density at radius 1 is 1.10 bits per heavy atom. The molecule has 1 aliphatic carbocycles.